The molecular formula is C14H18N2O. The van der Waals surface area contributed by atoms with Gasteiger partial charge in [0.2, 0.25) is 0 Å². The van der Waals surface area contributed by atoms with E-state index in [0.29, 0.717) is 5.75 Å². The van der Waals surface area contributed by atoms with Crippen LogP contribution in [0.1, 0.15) is 32.0 Å². The van der Waals surface area contributed by atoms with E-state index in [9.17, 15) is 5.11 Å². The number of nitrogens with zero attached hydrogens (tertiary/aromatic N) is 1. The quantitative estimate of drug-likeness (QED) is 0.789. The predicted molar refractivity (Wildman–Crippen MR) is 69.1 cm³/mol. The highest BCUT2D eigenvalue weighted by atomic mass is 16.3. The highest BCUT2D eigenvalue weighted by Crippen LogP contribution is 2.33. The van der Waals surface area contributed by atoms with Crippen molar-refractivity contribution in [3.8, 4) is 17.1 Å². The fraction of sp³-hybridized carbons (Fsp3) is 0.357. The van der Waals surface area contributed by atoms with Gasteiger partial charge < -0.3 is 10.1 Å². The Kier molecular flexibility index (Phi) is 2.69. The molecule has 2 aromatic rings. The average Bonchev–Trinajstić information content (AvgIpc) is 2.64. The number of aromatic amines is 1. The third-order valence-electron chi connectivity index (χ3n) is 2.78. The van der Waals surface area contributed by atoms with Crippen molar-refractivity contribution in [1.29, 1.82) is 0 Å². The summed E-state index contributed by atoms with van der Waals surface area (Å²) in [6.45, 7) is 8.22. The van der Waals surface area contributed by atoms with Gasteiger partial charge >= 0.3 is 0 Å². The number of aromatic nitrogens is 2. The number of aryl methyl sites for hydroxylation is 1. The van der Waals surface area contributed by atoms with Crippen molar-refractivity contribution in [3.63, 3.8) is 0 Å². The maximum atomic E-state index is 9.89. The van der Waals surface area contributed by atoms with Crippen molar-refractivity contribution in [1.82, 2.24) is 9.97 Å². The number of H-pyrrole nitrogens is 1. The molecule has 3 heteroatoms. The SMILES string of the molecule is Cc1cnc(-c2ccc(O)c(C(C)(C)C)c2)[nH]1. The van der Waals surface area contributed by atoms with Gasteiger partial charge in [0.05, 0.1) is 0 Å². The molecule has 0 aliphatic heterocycles. The van der Waals surface area contributed by atoms with Crippen molar-refractivity contribution in [3.05, 3.63) is 35.7 Å². The Morgan fingerprint density at radius 1 is 1.24 bits per heavy atom. The number of nitrogens with one attached hydrogen (secondary N) is 1. The molecule has 0 unspecified atom stereocenters. The number of imidazole rings is 1. The first-order valence-electron chi connectivity index (χ1n) is 5.73. The van der Waals surface area contributed by atoms with Crippen molar-refractivity contribution in [2.24, 2.45) is 0 Å². The standard InChI is InChI=1S/C14H18N2O/c1-9-8-15-13(16-9)10-5-6-12(17)11(7-10)14(2,3)4/h5-8,17H,1-4H3,(H,15,16). The second-order valence-corrected chi connectivity index (χ2v) is 5.40. The summed E-state index contributed by atoms with van der Waals surface area (Å²) in [5, 5.41) is 9.89. The van der Waals surface area contributed by atoms with Gasteiger partial charge in [0.25, 0.3) is 0 Å². The van der Waals surface area contributed by atoms with Crippen molar-refractivity contribution < 1.29 is 5.11 Å². The van der Waals surface area contributed by atoms with Crippen LogP contribution in [-0.4, -0.2) is 15.1 Å². The van der Waals surface area contributed by atoms with Crippen LogP contribution in [0, 0.1) is 6.92 Å². The van der Waals surface area contributed by atoms with Gasteiger partial charge in [0.1, 0.15) is 11.6 Å². The zero-order valence-corrected chi connectivity index (χ0v) is 10.7. The Morgan fingerprint density at radius 3 is 2.47 bits per heavy atom. The summed E-state index contributed by atoms with van der Waals surface area (Å²) in [7, 11) is 0. The Morgan fingerprint density at radius 2 is 1.94 bits per heavy atom. The molecule has 1 aromatic carbocycles. The minimum atomic E-state index is -0.0816. The maximum Gasteiger partial charge on any atom is 0.137 e. The molecule has 1 aromatic heterocycles. The summed E-state index contributed by atoms with van der Waals surface area (Å²) in [6.07, 6.45) is 1.80. The van der Waals surface area contributed by atoms with Crippen LogP contribution >= 0.6 is 0 Å². The Hall–Kier alpha value is -1.77. The molecule has 1 heterocycles. The normalized spacial score (nSPS) is 11.8. The lowest BCUT2D eigenvalue weighted by Crippen LogP contribution is -2.11. The van der Waals surface area contributed by atoms with Crippen molar-refractivity contribution in [2.75, 3.05) is 0 Å². The first-order valence-corrected chi connectivity index (χ1v) is 5.73. The molecule has 0 bridgehead atoms. The summed E-state index contributed by atoms with van der Waals surface area (Å²) in [5.41, 5.74) is 2.89. The van der Waals surface area contributed by atoms with E-state index < -0.39 is 0 Å². The van der Waals surface area contributed by atoms with E-state index in [4.69, 9.17) is 0 Å². The van der Waals surface area contributed by atoms with Gasteiger partial charge in [-0.25, -0.2) is 4.98 Å². The molecule has 3 nitrogen and oxygen atoms in total. The largest absolute Gasteiger partial charge is 0.508 e. The summed E-state index contributed by atoms with van der Waals surface area (Å²) >= 11 is 0. The lowest BCUT2D eigenvalue weighted by molar-refractivity contribution is 0.447. The second-order valence-electron chi connectivity index (χ2n) is 5.40. The first kappa shape index (κ1) is 11.7. The molecule has 0 aliphatic carbocycles. The lowest BCUT2D eigenvalue weighted by Gasteiger charge is -2.20. The Labute approximate surface area is 102 Å². The van der Waals surface area contributed by atoms with Crippen LogP contribution in [0.5, 0.6) is 5.75 Å². The monoisotopic (exact) mass is 230 g/mol. The number of hydrogen-bond donors (Lipinski definition) is 2. The van der Waals surface area contributed by atoms with Gasteiger partial charge in [-0.05, 0) is 36.1 Å². The molecule has 0 fully saturated rings. The van der Waals surface area contributed by atoms with E-state index >= 15 is 0 Å². The molecular weight excluding hydrogens is 212 g/mol. The molecule has 0 saturated carbocycles. The number of phenols is 1. The zero-order chi connectivity index (χ0) is 12.6. The molecule has 0 aliphatic rings. The number of benzene rings is 1. The fourth-order valence-corrected chi connectivity index (χ4v) is 1.84. The lowest BCUT2D eigenvalue weighted by atomic mass is 9.85. The van der Waals surface area contributed by atoms with Gasteiger partial charge in [-0.3, -0.25) is 0 Å². The summed E-state index contributed by atoms with van der Waals surface area (Å²) in [4.78, 5) is 7.50. The van der Waals surface area contributed by atoms with Gasteiger partial charge in [-0.15, -0.1) is 0 Å². The number of phenolic OH excluding ortho intramolecular Hbond substituents is 1. The molecule has 2 rings (SSSR count). The Bertz CT molecular complexity index is 535. The molecule has 0 spiro atoms. The first-order chi connectivity index (χ1) is 7.88. The second kappa shape index (κ2) is 3.91. The van der Waals surface area contributed by atoms with Gasteiger partial charge in [0.15, 0.2) is 0 Å². The van der Waals surface area contributed by atoms with Gasteiger partial charge in [0, 0.05) is 17.5 Å². The van der Waals surface area contributed by atoms with E-state index in [2.05, 4.69) is 30.7 Å². The summed E-state index contributed by atoms with van der Waals surface area (Å²) in [6, 6.07) is 5.60. The molecule has 0 atom stereocenters. The van der Waals surface area contributed by atoms with Crippen LogP contribution in [0.25, 0.3) is 11.4 Å². The van der Waals surface area contributed by atoms with E-state index in [-0.39, 0.29) is 5.41 Å². The van der Waals surface area contributed by atoms with Crippen molar-refractivity contribution in [2.45, 2.75) is 33.1 Å². The van der Waals surface area contributed by atoms with Gasteiger partial charge in [-0.1, -0.05) is 20.8 Å². The third-order valence-corrected chi connectivity index (χ3v) is 2.78. The van der Waals surface area contributed by atoms with Crippen LogP contribution < -0.4 is 0 Å². The molecule has 2 N–H and O–H groups in total. The molecule has 0 radical (unpaired) electrons. The van der Waals surface area contributed by atoms with E-state index in [1.807, 2.05) is 19.1 Å². The predicted octanol–water partition coefficient (Wildman–Crippen LogP) is 3.39. The topological polar surface area (TPSA) is 48.9 Å². The average molecular weight is 230 g/mol. The minimum Gasteiger partial charge on any atom is -0.508 e. The summed E-state index contributed by atoms with van der Waals surface area (Å²) in [5.74, 6) is 1.18. The van der Waals surface area contributed by atoms with Crippen LogP contribution in [-0.2, 0) is 5.41 Å². The van der Waals surface area contributed by atoms with Crippen LogP contribution in [0.3, 0.4) is 0 Å². The number of aromatic hydroxyl groups is 1. The molecule has 0 saturated heterocycles. The summed E-state index contributed by atoms with van der Waals surface area (Å²) < 4.78 is 0. The Balaban J connectivity index is 2.51. The number of rotatable bonds is 1. The van der Waals surface area contributed by atoms with Gasteiger partial charge in [-0.2, -0.15) is 0 Å². The zero-order valence-electron chi connectivity index (χ0n) is 10.7. The highest BCUT2D eigenvalue weighted by molar-refractivity contribution is 5.60. The molecule has 0 amide bonds. The van der Waals surface area contributed by atoms with E-state index in [1.165, 1.54) is 0 Å². The van der Waals surface area contributed by atoms with Crippen LogP contribution in [0.4, 0.5) is 0 Å². The maximum absolute atomic E-state index is 9.89. The van der Waals surface area contributed by atoms with Crippen LogP contribution in [0.2, 0.25) is 0 Å². The minimum absolute atomic E-state index is 0.0816. The fourth-order valence-electron chi connectivity index (χ4n) is 1.84. The molecule has 90 valence electrons. The molecule has 17 heavy (non-hydrogen) atoms. The highest BCUT2D eigenvalue weighted by Gasteiger charge is 2.19. The third kappa shape index (κ3) is 2.33. The van der Waals surface area contributed by atoms with Crippen molar-refractivity contribution >= 4 is 0 Å². The van der Waals surface area contributed by atoms with Crippen LogP contribution in [0.15, 0.2) is 24.4 Å². The van der Waals surface area contributed by atoms with E-state index in [0.717, 1.165) is 22.6 Å². The smallest absolute Gasteiger partial charge is 0.137 e. The van der Waals surface area contributed by atoms with E-state index in [1.54, 1.807) is 12.3 Å². The number of hydrogen-bond acceptors (Lipinski definition) is 2.